The Morgan fingerprint density at radius 3 is 2.61 bits per heavy atom. The smallest absolute Gasteiger partial charge is 0.227 e. The van der Waals surface area contributed by atoms with Crippen molar-refractivity contribution in [2.75, 3.05) is 63.3 Å². The van der Waals surface area contributed by atoms with Crippen LogP contribution in [0.4, 0.5) is 21.8 Å². The lowest BCUT2D eigenvalue weighted by atomic mass is 9.88. The fraction of sp³-hybridized carbons (Fsp3) is 0.455. The van der Waals surface area contributed by atoms with Gasteiger partial charge in [-0.3, -0.25) is 9.07 Å². The van der Waals surface area contributed by atoms with Gasteiger partial charge >= 0.3 is 0 Å². The van der Waals surface area contributed by atoms with Crippen LogP contribution in [0.3, 0.4) is 0 Å². The number of rotatable bonds is 7. The highest BCUT2D eigenvalue weighted by Crippen LogP contribution is 2.32. The molecule has 174 valence electrons. The first-order chi connectivity index (χ1) is 16.0. The van der Waals surface area contributed by atoms with Gasteiger partial charge in [0.2, 0.25) is 5.95 Å². The fourth-order valence-electron chi connectivity index (χ4n) is 3.96. The first-order valence-corrected chi connectivity index (χ1v) is 11.3. The van der Waals surface area contributed by atoms with E-state index < -0.39 is 12.1 Å². The Labute approximate surface area is 196 Å². The van der Waals surface area contributed by atoms with E-state index >= 15 is 0 Å². The number of anilines is 3. The molecule has 3 aromatic heterocycles. The molecule has 0 spiro atoms. The normalized spacial score (nSPS) is 18.2. The number of piperazine rings is 1. The van der Waals surface area contributed by atoms with Crippen molar-refractivity contribution in [3.63, 3.8) is 0 Å². The highest BCUT2D eigenvalue weighted by atomic mass is 35.5. The maximum Gasteiger partial charge on any atom is 0.227 e. The predicted molar refractivity (Wildman–Crippen MR) is 125 cm³/mol. The molecule has 2 fully saturated rings. The number of hydrogen-bond acceptors (Lipinski definition) is 8. The molecule has 3 aromatic rings. The van der Waals surface area contributed by atoms with Gasteiger partial charge in [-0.2, -0.15) is 5.10 Å². The minimum Gasteiger partial charge on any atom is -0.380 e. The third-order valence-electron chi connectivity index (χ3n) is 6.08. The highest BCUT2D eigenvalue weighted by Gasteiger charge is 2.39. The summed E-state index contributed by atoms with van der Waals surface area (Å²) in [7, 11) is 2.13. The maximum absolute atomic E-state index is 13.4. The molecule has 9 nitrogen and oxygen atoms in total. The van der Waals surface area contributed by atoms with E-state index in [1.54, 1.807) is 23.3 Å². The molecule has 0 atom stereocenters. The number of ether oxygens (including phenoxy) is 1. The van der Waals surface area contributed by atoms with E-state index in [0.717, 1.165) is 43.2 Å². The van der Waals surface area contributed by atoms with Crippen LogP contribution in [0.1, 0.15) is 0 Å². The topological polar surface area (TPSA) is 84.2 Å². The number of pyridine rings is 1. The molecule has 11 heteroatoms. The van der Waals surface area contributed by atoms with Crippen LogP contribution < -0.4 is 10.2 Å². The number of alkyl halides is 1. The average molecular weight is 473 g/mol. The van der Waals surface area contributed by atoms with E-state index in [4.69, 9.17) is 16.3 Å². The molecule has 5 heterocycles. The number of nitrogens with zero attached hydrogens (tertiary/aromatic N) is 7. The largest absolute Gasteiger partial charge is 0.380 e. The molecule has 0 amide bonds. The predicted octanol–water partition coefficient (Wildman–Crippen LogP) is 2.87. The molecule has 0 aromatic carbocycles. The Morgan fingerprint density at radius 1 is 1.12 bits per heavy atom. The van der Waals surface area contributed by atoms with Gasteiger partial charge in [-0.05, 0) is 19.2 Å². The van der Waals surface area contributed by atoms with Gasteiger partial charge in [0.05, 0.1) is 60.2 Å². The fourth-order valence-corrected chi connectivity index (χ4v) is 4.16. The van der Waals surface area contributed by atoms with E-state index in [2.05, 4.69) is 42.2 Å². The van der Waals surface area contributed by atoms with Crippen LogP contribution in [0.5, 0.6) is 0 Å². The summed E-state index contributed by atoms with van der Waals surface area (Å²) in [5.74, 6) is 1.37. The van der Waals surface area contributed by atoms with Gasteiger partial charge < -0.3 is 19.9 Å². The number of hydrogen-bond donors (Lipinski definition) is 1. The van der Waals surface area contributed by atoms with Gasteiger partial charge in [-0.15, -0.1) is 0 Å². The summed E-state index contributed by atoms with van der Waals surface area (Å²) in [6, 6.07) is 3.97. The van der Waals surface area contributed by atoms with Gasteiger partial charge in [0.1, 0.15) is 12.5 Å². The van der Waals surface area contributed by atoms with E-state index in [0.29, 0.717) is 36.4 Å². The second-order valence-corrected chi connectivity index (χ2v) is 9.17. The van der Waals surface area contributed by atoms with Gasteiger partial charge in [-0.25, -0.2) is 15.0 Å². The van der Waals surface area contributed by atoms with Crippen LogP contribution in [0, 0.1) is 5.41 Å². The van der Waals surface area contributed by atoms with Gasteiger partial charge in [0.25, 0.3) is 0 Å². The molecule has 2 aliphatic heterocycles. The van der Waals surface area contributed by atoms with E-state index in [1.807, 2.05) is 18.3 Å². The number of nitrogens with one attached hydrogen (secondary N) is 1. The lowest BCUT2D eigenvalue weighted by Crippen LogP contribution is -2.47. The zero-order valence-electron chi connectivity index (χ0n) is 18.4. The Hall–Kier alpha value is -2.82. The Bertz CT molecular complexity index is 1090. The number of aromatic nitrogens is 5. The standard InChI is InChI=1S/C22H26ClFN8O/c1-30-4-6-31(7-5-30)19-3-2-17(9-25-19)28-21-26-10-18(23)20(29-21)16-8-27-32(11-16)13-22(12-24)14-33-15-22/h2-3,8-11H,4-7,12-15H2,1H3,(H,26,28,29). The van der Waals surface area contributed by atoms with Crippen molar-refractivity contribution in [2.45, 2.75) is 6.54 Å². The summed E-state index contributed by atoms with van der Waals surface area (Å²) in [6.45, 7) is 4.81. The molecule has 33 heavy (non-hydrogen) atoms. The summed E-state index contributed by atoms with van der Waals surface area (Å²) >= 11 is 6.37. The summed E-state index contributed by atoms with van der Waals surface area (Å²) in [5.41, 5.74) is 1.59. The molecule has 0 unspecified atom stereocenters. The van der Waals surface area contributed by atoms with Crippen LogP contribution in [-0.2, 0) is 11.3 Å². The Balaban J connectivity index is 1.28. The van der Waals surface area contributed by atoms with Crippen molar-refractivity contribution in [3.05, 3.63) is 41.9 Å². The zero-order valence-corrected chi connectivity index (χ0v) is 19.2. The minimum absolute atomic E-state index is 0.405. The summed E-state index contributed by atoms with van der Waals surface area (Å²) < 4.78 is 20.3. The van der Waals surface area contributed by atoms with E-state index in [-0.39, 0.29) is 0 Å². The molecular weight excluding hydrogens is 447 g/mol. The summed E-state index contributed by atoms with van der Waals surface area (Å²) in [6.07, 6.45) is 6.83. The molecular formula is C22H26ClFN8O. The molecule has 0 saturated carbocycles. The van der Waals surface area contributed by atoms with Crippen LogP contribution in [0.25, 0.3) is 11.3 Å². The third-order valence-corrected chi connectivity index (χ3v) is 6.36. The SMILES string of the molecule is CN1CCN(c2ccc(Nc3ncc(Cl)c(-c4cnn(CC5(CF)COC5)c4)n3)cn2)CC1. The lowest BCUT2D eigenvalue weighted by molar-refractivity contribution is -0.133. The zero-order chi connectivity index (χ0) is 22.8. The van der Waals surface area contributed by atoms with Gasteiger partial charge in [0.15, 0.2) is 0 Å². The van der Waals surface area contributed by atoms with Crippen molar-refractivity contribution in [1.82, 2.24) is 29.6 Å². The lowest BCUT2D eigenvalue weighted by Gasteiger charge is -2.38. The van der Waals surface area contributed by atoms with Crippen molar-refractivity contribution < 1.29 is 9.13 Å². The second-order valence-electron chi connectivity index (χ2n) is 8.76. The quantitative estimate of drug-likeness (QED) is 0.562. The third kappa shape index (κ3) is 4.78. The van der Waals surface area contributed by atoms with E-state index in [9.17, 15) is 4.39 Å². The van der Waals surface area contributed by atoms with Crippen molar-refractivity contribution in [1.29, 1.82) is 0 Å². The first-order valence-electron chi connectivity index (χ1n) is 10.9. The molecule has 0 radical (unpaired) electrons. The van der Waals surface area contributed by atoms with Crippen LogP contribution >= 0.6 is 11.6 Å². The van der Waals surface area contributed by atoms with E-state index in [1.165, 1.54) is 0 Å². The van der Waals surface area contributed by atoms with Crippen LogP contribution in [-0.4, -0.2) is 82.7 Å². The van der Waals surface area contributed by atoms with Crippen molar-refractivity contribution in [3.8, 4) is 11.3 Å². The molecule has 1 N–H and O–H groups in total. The summed E-state index contributed by atoms with van der Waals surface area (Å²) in [4.78, 5) is 18.0. The molecule has 0 aliphatic carbocycles. The van der Waals surface area contributed by atoms with Crippen LogP contribution in [0.2, 0.25) is 5.02 Å². The van der Waals surface area contributed by atoms with Gasteiger partial charge in [0, 0.05) is 37.9 Å². The molecule has 2 aliphatic rings. The number of halogens is 2. The average Bonchev–Trinajstić information content (AvgIpc) is 3.27. The summed E-state index contributed by atoms with van der Waals surface area (Å²) in [5, 5.41) is 7.96. The Kier molecular flexibility index (Phi) is 6.13. The van der Waals surface area contributed by atoms with Gasteiger partial charge in [-0.1, -0.05) is 11.6 Å². The van der Waals surface area contributed by atoms with Crippen LogP contribution in [0.15, 0.2) is 36.9 Å². The molecule has 5 rings (SSSR count). The first kappa shape index (κ1) is 22.0. The second kappa shape index (κ2) is 9.20. The minimum atomic E-state index is -0.491. The molecule has 2 saturated heterocycles. The number of likely N-dealkylation sites (N-methyl/N-ethyl adjacent to an activating group) is 1. The van der Waals surface area contributed by atoms with Crippen molar-refractivity contribution in [2.24, 2.45) is 5.41 Å². The molecule has 0 bridgehead atoms. The van der Waals surface area contributed by atoms with Crippen molar-refractivity contribution >= 4 is 29.1 Å². The Morgan fingerprint density at radius 2 is 1.94 bits per heavy atom. The highest BCUT2D eigenvalue weighted by molar-refractivity contribution is 6.32. The monoisotopic (exact) mass is 472 g/mol. The maximum atomic E-state index is 13.4.